The topological polar surface area (TPSA) is 120 Å². The molecule has 1 saturated heterocycles. The van der Waals surface area contributed by atoms with Crippen LogP contribution in [0.1, 0.15) is 10.5 Å². The summed E-state index contributed by atoms with van der Waals surface area (Å²) in [6.45, 7) is 2.11. The molecule has 2 heterocycles. The van der Waals surface area contributed by atoms with E-state index in [1.54, 1.807) is 49.5 Å². The molecule has 12 heteroatoms. The molecule has 0 atom stereocenters. The molecule has 1 fully saturated rings. The largest absolute Gasteiger partial charge is 0.497 e. The first-order valence-corrected chi connectivity index (χ1v) is 13.1. The Labute approximate surface area is 209 Å². The van der Waals surface area contributed by atoms with Gasteiger partial charge in [-0.15, -0.1) is 0 Å². The summed E-state index contributed by atoms with van der Waals surface area (Å²) >= 11 is 0. The molecule has 2 aromatic carbocycles. The van der Waals surface area contributed by atoms with Crippen molar-refractivity contribution in [1.82, 2.24) is 14.9 Å². The minimum atomic E-state index is -3.62. The number of nitrogens with zero attached hydrogens (tertiary/aromatic N) is 4. The molecule has 0 bridgehead atoms. The monoisotopic (exact) mass is 516 g/mol. The van der Waals surface area contributed by atoms with Crippen LogP contribution < -0.4 is 14.4 Å². The quantitative estimate of drug-likeness (QED) is 0.392. The van der Waals surface area contributed by atoms with E-state index in [-0.39, 0.29) is 24.8 Å². The Morgan fingerprint density at radius 1 is 1.03 bits per heavy atom. The molecule has 0 radical (unpaired) electrons. The van der Waals surface area contributed by atoms with Crippen LogP contribution in [0.25, 0.3) is 11.0 Å². The van der Waals surface area contributed by atoms with E-state index in [9.17, 15) is 13.2 Å². The van der Waals surface area contributed by atoms with Crippen LogP contribution in [0.2, 0.25) is 0 Å². The van der Waals surface area contributed by atoms with Gasteiger partial charge in [-0.3, -0.25) is 14.0 Å². The molecule has 0 aliphatic carbocycles. The lowest BCUT2D eigenvalue weighted by Gasteiger charge is -2.27. The lowest BCUT2D eigenvalue weighted by molar-refractivity contribution is 0.0299. The number of aromatic nitrogens is 2. The SMILES string of the molecule is COc1cc(OC)cc(N(CCOS(C)(=O)=O)c2ccc3ncc(C(=O)N4CCOCC4)nc3c2)c1. The maximum atomic E-state index is 12.9. The second-order valence-corrected chi connectivity index (χ2v) is 9.73. The van der Waals surface area contributed by atoms with Crippen molar-refractivity contribution in [1.29, 1.82) is 0 Å². The van der Waals surface area contributed by atoms with Crippen molar-refractivity contribution >= 4 is 38.4 Å². The van der Waals surface area contributed by atoms with Gasteiger partial charge in [0.2, 0.25) is 0 Å². The minimum Gasteiger partial charge on any atom is -0.497 e. The summed E-state index contributed by atoms with van der Waals surface area (Å²) in [7, 11) is -0.520. The number of hydrogen-bond acceptors (Lipinski definition) is 10. The van der Waals surface area contributed by atoms with Gasteiger partial charge in [-0.1, -0.05) is 0 Å². The van der Waals surface area contributed by atoms with Crippen molar-refractivity contribution in [2.45, 2.75) is 0 Å². The van der Waals surface area contributed by atoms with Crippen molar-refractivity contribution in [3.8, 4) is 11.5 Å². The van der Waals surface area contributed by atoms with Gasteiger partial charge >= 0.3 is 0 Å². The number of morpholine rings is 1. The number of anilines is 2. The van der Waals surface area contributed by atoms with Crippen molar-refractivity contribution in [3.05, 3.63) is 48.3 Å². The highest BCUT2D eigenvalue weighted by molar-refractivity contribution is 7.85. The summed E-state index contributed by atoms with van der Waals surface area (Å²) < 4.78 is 44.2. The van der Waals surface area contributed by atoms with Crippen LogP contribution in [0.4, 0.5) is 11.4 Å². The number of benzene rings is 2. The highest BCUT2D eigenvalue weighted by Gasteiger charge is 2.21. The molecule has 0 saturated carbocycles. The number of carbonyl (C=O) groups is 1. The lowest BCUT2D eigenvalue weighted by atomic mass is 10.2. The fourth-order valence-corrected chi connectivity index (χ4v) is 4.21. The van der Waals surface area contributed by atoms with Crippen LogP contribution in [0.5, 0.6) is 11.5 Å². The zero-order valence-electron chi connectivity index (χ0n) is 20.3. The van der Waals surface area contributed by atoms with Crippen LogP contribution in [-0.2, 0) is 19.0 Å². The highest BCUT2D eigenvalue weighted by Crippen LogP contribution is 2.33. The lowest BCUT2D eigenvalue weighted by Crippen LogP contribution is -2.41. The number of ether oxygens (including phenoxy) is 3. The average Bonchev–Trinajstić information content (AvgIpc) is 2.89. The predicted octanol–water partition coefficient (Wildman–Crippen LogP) is 2.23. The summed E-state index contributed by atoms with van der Waals surface area (Å²) in [6, 6.07) is 10.8. The van der Waals surface area contributed by atoms with E-state index in [1.807, 2.05) is 11.0 Å². The standard InChI is InChI=1S/C24H28N4O7S/c1-32-19-12-18(13-20(15-19)33-2)28(8-11-35-36(3,30)31)17-4-5-21-22(14-17)26-23(16-25-21)24(29)27-6-9-34-10-7-27/h4-5,12-16H,6-11H2,1-3H3. The molecule has 1 aliphatic heterocycles. The van der Waals surface area contributed by atoms with Gasteiger partial charge in [-0.2, -0.15) is 8.42 Å². The second-order valence-electron chi connectivity index (χ2n) is 8.08. The summed E-state index contributed by atoms with van der Waals surface area (Å²) in [6.07, 6.45) is 2.48. The Bertz CT molecular complexity index is 1320. The Hall–Kier alpha value is -3.48. The van der Waals surface area contributed by atoms with E-state index in [4.69, 9.17) is 18.4 Å². The Balaban J connectivity index is 1.71. The highest BCUT2D eigenvalue weighted by atomic mass is 32.2. The van der Waals surface area contributed by atoms with E-state index in [1.165, 1.54) is 6.20 Å². The fourth-order valence-electron chi connectivity index (χ4n) is 3.83. The van der Waals surface area contributed by atoms with Gasteiger partial charge in [-0.25, -0.2) is 4.98 Å². The van der Waals surface area contributed by atoms with E-state index < -0.39 is 10.1 Å². The van der Waals surface area contributed by atoms with Gasteiger partial charge in [-0.05, 0) is 18.2 Å². The molecule has 1 aromatic heterocycles. The van der Waals surface area contributed by atoms with Crippen LogP contribution in [0, 0.1) is 0 Å². The van der Waals surface area contributed by atoms with Crippen LogP contribution in [-0.4, -0.2) is 89.1 Å². The van der Waals surface area contributed by atoms with Gasteiger partial charge in [0.25, 0.3) is 16.0 Å². The molecule has 192 valence electrons. The smallest absolute Gasteiger partial charge is 0.274 e. The molecule has 11 nitrogen and oxygen atoms in total. The molecular formula is C24H28N4O7S. The van der Waals surface area contributed by atoms with E-state index in [0.717, 1.165) is 6.26 Å². The first kappa shape index (κ1) is 25.6. The Kier molecular flexibility index (Phi) is 7.87. The number of rotatable bonds is 9. The van der Waals surface area contributed by atoms with Crippen molar-refractivity contribution in [3.63, 3.8) is 0 Å². The van der Waals surface area contributed by atoms with Crippen molar-refractivity contribution in [2.24, 2.45) is 0 Å². The number of carbonyl (C=O) groups excluding carboxylic acids is 1. The number of methoxy groups -OCH3 is 2. The van der Waals surface area contributed by atoms with Crippen LogP contribution in [0.15, 0.2) is 42.6 Å². The molecule has 0 unspecified atom stereocenters. The Morgan fingerprint density at radius 3 is 2.36 bits per heavy atom. The van der Waals surface area contributed by atoms with Gasteiger partial charge in [0.15, 0.2) is 0 Å². The molecule has 36 heavy (non-hydrogen) atoms. The summed E-state index contributed by atoms with van der Waals surface area (Å²) in [4.78, 5) is 25.5. The second kappa shape index (κ2) is 11.1. The molecule has 0 N–H and O–H groups in total. The van der Waals surface area contributed by atoms with Gasteiger partial charge in [0, 0.05) is 49.2 Å². The third-order valence-electron chi connectivity index (χ3n) is 5.62. The third-order valence-corrected chi connectivity index (χ3v) is 6.21. The summed E-state index contributed by atoms with van der Waals surface area (Å²) in [5, 5.41) is 0. The van der Waals surface area contributed by atoms with Gasteiger partial charge in [0.05, 0.1) is 57.5 Å². The zero-order valence-corrected chi connectivity index (χ0v) is 21.2. The first-order valence-electron chi connectivity index (χ1n) is 11.3. The van der Waals surface area contributed by atoms with E-state index >= 15 is 0 Å². The van der Waals surface area contributed by atoms with Crippen molar-refractivity contribution < 1.29 is 31.6 Å². The molecule has 4 rings (SSSR count). The van der Waals surface area contributed by atoms with E-state index in [2.05, 4.69) is 9.97 Å². The van der Waals surface area contributed by atoms with Crippen LogP contribution >= 0.6 is 0 Å². The van der Waals surface area contributed by atoms with Gasteiger partial charge in [0.1, 0.15) is 17.2 Å². The average molecular weight is 517 g/mol. The normalized spacial score (nSPS) is 14.0. The van der Waals surface area contributed by atoms with Crippen molar-refractivity contribution in [2.75, 3.05) is 64.8 Å². The summed E-state index contributed by atoms with van der Waals surface area (Å²) in [5.41, 5.74) is 2.77. The number of amides is 1. The summed E-state index contributed by atoms with van der Waals surface area (Å²) in [5.74, 6) is 0.934. The third kappa shape index (κ3) is 6.20. The van der Waals surface area contributed by atoms with Gasteiger partial charge < -0.3 is 24.0 Å². The number of fused-ring (bicyclic) bond motifs is 1. The molecule has 1 amide bonds. The number of hydrogen-bond donors (Lipinski definition) is 0. The first-order chi connectivity index (χ1) is 17.3. The minimum absolute atomic E-state index is 0.0857. The molecule has 1 aliphatic rings. The Morgan fingerprint density at radius 2 is 1.72 bits per heavy atom. The molecule has 3 aromatic rings. The van der Waals surface area contributed by atoms with Crippen LogP contribution in [0.3, 0.4) is 0 Å². The zero-order chi connectivity index (χ0) is 25.7. The molecular weight excluding hydrogens is 488 g/mol. The predicted molar refractivity (Wildman–Crippen MR) is 134 cm³/mol. The fraction of sp³-hybridized carbons (Fsp3) is 0.375. The van der Waals surface area contributed by atoms with E-state index in [0.29, 0.717) is 60.2 Å². The molecule has 0 spiro atoms. The maximum Gasteiger partial charge on any atom is 0.274 e. The maximum absolute atomic E-state index is 12.9.